The Bertz CT molecular complexity index is 2170. The minimum Gasteiger partial charge on any atom is -0.457 e. The molecule has 3 aromatic rings. The van der Waals surface area contributed by atoms with Gasteiger partial charge in [-0.15, -0.1) is 0 Å². The summed E-state index contributed by atoms with van der Waals surface area (Å²) in [5.41, 5.74) is 9.02. The van der Waals surface area contributed by atoms with Gasteiger partial charge >= 0.3 is 0 Å². The highest BCUT2D eigenvalue weighted by atomic mass is 32.2. The number of hydrogen-bond acceptors (Lipinski definition) is 8. The summed E-state index contributed by atoms with van der Waals surface area (Å²) >= 11 is 3.34. The van der Waals surface area contributed by atoms with Crippen LogP contribution in [0.1, 0.15) is 83.3 Å². The Balaban J connectivity index is 1.45. The van der Waals surface area contributed by atoms with Gasteiger partial charge in [0.1, 0.15) is 23.8 Å². The lowest BCUT2D eigenvalue weighted by atomic mass is 9.77. The Morgan fingerprint density at radius 2 is 1.69 bits per heavy atom. The minimum atomic E-state index is -2.09. The van der Waals surface area contributed by atoms with Gasteiger partial charge in [-0.05, 0) is 150 Å². The predicted octanol–water partition coefficient (Wildman–Crippen LogP) is 10.5. The average molecular weight is 855 g/mol. The van der Waals surface area contributed by atoms with Gasteiger partial charge in [0.2, 0.25) is 5.69 Å². The number of ketones is 1. The minimum absolute atomic E-state index is 0.199. The fourth-order valence-corrected chi connectivity index (χ4v) is 9.71. The lowest BCUT2D eigenvalue weighted by Gasteiger charge is -2.31. The van der Waals surface area contributed by atoms with Crippen LogP contribution in [0, 0.1) is 0 Å². The molecule has 2 unspecified atom stereocenters. The van der Waals surface area contributed by atoms with Gasteiger partial charge in [0.15, 0.2) is 16.8 Å². The number of nitrogens with zero attached hydrogens (tertiary/aromatic N) is 3. The first-order valence-corrected chi connectivity index (χ1v) is 23.4. The summed E-state index contributed by atoms with van der Waals surface area (Å²) in [6.45, 7) is 8.96. The summed E-state index contributed by atoms with van der Waals surface area (Å²) in [7, 11) is 3.86. The second-order valence-electron chi connectivity index (χ2n) is 16.7. The van der Waals surface area contributed by atoms with E-state index < -0.39 is 11.1 Å². The van der Waals surface area contributed by atoms with Crippen molar-refractivity contribution in [1.29, 1.82) is 0 Å². The molecule has 0 saturated carbocycles. The lowest BCUT2D eigenvalue weighted by molar-refractivity contribution is -0.437. The smallest absolute Gasteiger partial charge is 0.209 e. The van der Waals surface area contributed by atoms with Gasteiger partial charge < -0.3 is 23.6 Å². The van der Waals surface area contributed by atoms with Gasteiger partial charge in [-0.25, -0.2) is 4.21 Å². The highest BCUT2D eigenvalue weighted by Crippen LogP contribution is 2.51. The lowest BCUT2D eigenvalue weighted by Crippen LogP contribution is -2.30. The molecule has 0 bridgehead atoms. The Morgan fingerprint density at radius 3 is 2.41 bits per heavy atom. The molecule has 0 amide bonds. The van der Waals surface area contributed by atoms with Crippen LogP contribution < -0.4 is 9.64 Å². The number of para-hydroxylation sites is 2. The zero-order chi connectivity index (χ0) is 42.2. The first kappa shape index (κ1) is 44.8. The molecule has 0 aromatic heterocycles. The van der Waals surface area contributed by atoms with E-state index in [1.54, 1.807) is 24.3 Å². The predicted molar refractivity (Wildman–Crippen MR) is 248 cm³/mol. The summed E-state index contributed by atoms with van der Waals surface area (Å²) in [5, 5.41) is 0. The zero-order valence-electron chi connectivity index (χ0n) is 35.2. The van der Waals surface area contributed by atoms with Crippen molar-refractivity contribution in [1.82, 2.24) is 4.90 Å². The number of carbonyl (C=O) groups excluding carboxylic acids is 1. The maximum absolute atomic E-state index is 12.8. The van der Waals surface area contributed by atoms with Crippen molar-refractivity contribution >= 4 is 58.6 Å². The van der Waals surface area contributed by atoms with E-state index in [-0.39, 0.29) is 16.6 Å². The number of rotatable bonds is 19. The molecule has 2 aliphatic heterocycles. The maximum atomic E-state index is 12.8. The Kier molecular flexibility index (Phi) is 15.4. The molecule has 0 spiro atoms. The third-order valence-corrected chi connectivity index (χ3v) is 13.3. The first-order valence-electron chi connectivity index (χ1n) is 20.8. The molecule has 59 heavy (non-hydrogen) atoms. The fourth-order valence-electron chi connectivity index (χ4n) is 8.94. The summed E-state index contributed by atoms with van der Waals surface area (Å²) in [4.78, 5) is 17.5. The van der Waals surface area contributed by atoms with E-state index in [1.165, 1.54) is 33.9 Å². The molecule has 1 aliphatic carbocycles. The van der Waals surface area contributed by atoms with Gasteiger partial charge in [-0.2, -0.15) is 17.2 Å². The van der Waals surface area contributed by atoms with E-state index >= 15 is 0 Å². The molecule has 0 fully saturated rings. The van der Waals surface area contributed by atoms with Gasteiger partial charge in [0, 0.05) is 59.6 Å². The summed E-state index contributed by atoms with van der Waals surface area (Å²) < 4.78 is 40.5. The largest absolute Gasteiger partial charge is 0.457 e. The standard InChI is InChI=1S/C48H59N3O5S3/c1-47(2)40-17-6-8-19-42(40)50(30-12-32-57)44(47)27-21-35-14-10-15-36(46(35)56-38-23-25-39(26-24-38)59(54)55)22-28-45-48(3,29-11-16-37(52)34-49(4)5)41-18-7-9-20-43(41)51(45)31-13-33-58-53/h6-9,17-28H,10-16,29-34H2,1-5H3,(H2-,53,54,55,57)/p+1. The molecule has 314 valence electrons. The van der Waals surface area contributed by atoms with Crippen molar-refractivity contribution in [3.63, 3.8) is 0 Å². The molecule has 0 radical (unpaired) electrons. The molecule has 3 aromatic carbocycles. The van der Waals surface area contributed by atoms with Crippen LogP contribution in [0.4, 0.5) is 11.4 Å². The van der Waals surface area contributed by atoms with Crippen molar-refractivity contribution in [3.05, 3.63) is 131 Å². The second kappa shape index (κ2) is 20.2. The SMILES string of the molecule is CN(C)CC(=O)CCCC1(C)/C(=C\C=C2/CCCC(/C=C/C3=[N+](CCCS)c4ccccc4C3(C)C)=C2Oc2ccc(S(=O)O)cc2)N(CCCSO)c2ccccc21. The summed E-state index contributed by atoms with van der Waals surface area (Å²) in [6, 6.07) is 24.1. The van der Waals surface area contributed by atoms with E-state index in [0.29, 0.717) is 29.4 Å². The highest BCUT2D eigenvalue weighted by molar-refractivity contribution is 7.93. The molecular formula is C48H60N3O5S3+. The second-order valence-corrected chi connectivity index (χ2v) is 18.8. The maximum Gasteiger partial charge on any atom is 0.209 e. The van der Waals surface area contributed by atoms with Crippen LogP contribution in [-0.4, -0.2) is 79.5 Å². The van der Waals surface area contributed by atoms with E-state index in [4.69, 9.17) is 4.74 Å². The van der Waals surface area contributed by atoms with Crippen LogP contribution >= 0.6 is 24.7 Å². The molecule has 2 N–H and O–H groups in total. The molecule has 11 heteroatoms. The number of fused-ring (bicyclic) bond motifs is 2. The van der Waals surface area contributed by atoms with E-state index in [0.717, 1.165) is 92.7 Å². The molecule has 3 aliphatic rings. The molecule has 8 nitrogen and oxygen atoms in total. The number of anilines is 1. The van der Waals surface area contributed by atoms with E-state index in [1.807, 2.05) is 19.0 Å². The normalized spacial score (nSPS) is 20.7. The number of carbonyl (C=O) groups is 1. The van der Waals surface area contributed by atoms with Gasteiger partial charge in [0.05, 0.1) is 16.9 Å². The molecule has 2 atom stereocenters. The number of benzene rings is 3. The van der Waals surface area contributed by atoms with E-state index in [2.05, 4.69) is 116 Å². The van der Waals surface area contributed by atoms with Crippen molar-refractivity contribution < 1.29 is 27.4 Å². The number of thiol groups is 1. The average Bonchev–Trinajstić information content (AvgIpc) is 3.58. The van der Waals surface area contributed by atoms with Crippen molar-refractivity contribution in [3.8, 4) is 5.75 Å². The van der Waals surface area contributed by atoms with Crippen molar-refractivity contribution in [2.75, 3.05) is 50.1 Å². The molecule has 2 heterocycles. The number of hydrogen-bond donors (Lipinski definition) is 3. The molecule has 0 saturated heterocycles. The van der Waals surface area contributed by atoms with Crippen LogP contribution in [0.15, 0.2) is 125 Å². The van der Waals surface area contributed by atoms with Crippen LogP contribution in [0.2, 0.25) is 0 Å². The number of likely N-dealkylation sites (N-methyl/N-ethyl adjacent to an activating group) is 1. The van der Waals surface area contributed by atoms with Crippen LogP contribution in [-0.2, 0) is 26.7 Å². The van der Waals surface area contributed by atoms with Gasteiger partial charge in [-0.1, -0.05) is 42.5 Å². The van der Waals surface area contributed by atoms with Crippen molar-refractivity contribution in [2.24, 2.45) is 0 Å². The van der Waals surface area contributed by atoms with Crippen LogP contribution in [0.3, 0.4) is 0 Å². The summed E-state index contributed by atoms with van der Waals surface area (Å²) in [6.07, 6.45) is 15.5. The number of ether oxygens (including phenoxy) is 1. The summed E-state index contributed by atoms with van der Waals surface area (Å²) in [5.74, 6) is 3.08. The number of Topliss-reactive ketones (excluding diaryl/α,β-unsaturated/α-hetero) is 1. The fraction of sp³-hybridized carbons (Fsp3) is 0.417. The Hall–Kier alpha value is -3.71. The third kappa shape index (κ3) is 10.3. The number of allylic oxidation sites excluding steroid dienone is 7. The topological polar surface area (TPSA) is 93.3 Å². The Morgan fingerprint density at radius 1 is 0.966 bits per heavy atom. The zero-order valence-corrected chi connectivity index (χ0v) is 37.7. The van der Waals surface area contributed by atoms with Crippen LogP contribution in [0.25, 0.3) is 0 Å². The molecular weight excluding hydrogens is 795 g/mol. The van der Waals surface area contributed by atoms with Gasteiger partial charge in [0.25, 0.3) is 0 Å². The Labute approximate surface area is 363 Å². The van der Waals surface area contributed by atoms with Crippen molar-refractivity contribution in [2.45, 2.75) is 87.9 Å². The van der Waals surface area contributed by atoms with Gasteiger partial charge in [-0.3, -0.25) is 4.79 Å². The molecule has 6 rings (SSSR count). The van der Waals surface area contributed by atoms with Crippen LogP contribution in [0.5, 0.6) is 5.75 Å². The third-order valence-electron chi connectivity index (χ3n) is 11.8. The first-order chi connectivity index (χ1) is 28.4. The monoisotopic (exact) mass is 854 g/mol. The quantitative estimate of drug-likeness (QED) is 0.0361. The van der Waals surface area contributed by atoms with E-state index in [9.17, 15) is 18.1 Å². The highest BCUT2D eigenvalue weighted by Gasteiger charge is 2.44.